The lowest BCUT2D eigenvalue weighted by Gasteiger charge is -2.25. The van der Waals surface area contributed by atoms with Gasteiger partial charge >= 0.3 is 6.03 Å². The summed E-state index contributed by atoms with van der Waals surface area (Å²) in [6, 6.07) is 6.52. The van der Waals surface area contributed by atoms with Crippen LogP contribution in [-0.4, -0.2) is 50.1 Å². The van der Waals surface area contributed by atoms with Crippen molar-refractivity contribution in [2.75, 3.05) is 19.0 Å². The van der Waals surface area contributed by atoms with E-state index >= 15 is 0 Å². The summed E-state index contributed by atoms with van der Waals surface area (Å²) in [5.41, 5.74) is 0.651. The molecule has 2 aliphatic rings. The SMILES string of the molecule is CO[C@H]1[C@H]2OC(C)(C)O[C@H]2O[C@@H]1CNC(=O)Nc1ccc(Cl)cc1. The van der Waals surface area contributed by atoms with E-state index in [2.05, 4.69) is 10.6 Å². The Bertz CT molecular complexity index is 595. The van der Waals surface area contributed by atoms with E-state index in [1.807, 2.05) is 13.8 Å². The summed E-state index contributed by atoms with van der Waals surface area (Å²) >= 11 is 5.81. The van der Waals surface area contributed by atoms with Crippen molar-refractivity contribution in [2.24, 2.45) is 0 Å². The standard InChI is InChI=1S/C16H21ClN2O5/c1-16(2)23-13-12(21-3)11(22-14(13)24-16)8-18-15(20)19-10-6-4-9(17)5-7-10/h4-7,11-14H,8H2,1-3H3,(H2,18,19,20)/t11-,12-,13-,14-/m1/s1. The van der Waals surface area contributed by atoms with Gasteiger partial charge in [0, 0.05) is 24.4 Å². The molecule has 4 atom stereocenters. The molecule has 0 spiro atoms. The van der Waals surface area contributed by atoms with Gasteiger partial charge in [-0.15, -0.1) is 0 Å². The number of hydrogen-bond acceptors (Lipinski definition) is 5. The number of ether oxygens (including phenoxy) is 4. The van der Waals surface area contributed by atoms with Gasteiger partial charge in [0.1, 0.15) is 18.3 Å². The van der Waals surface area contributed by atoms with Crippen LogP contribution in [0.2, 0.25) is 5.02 Å². The molecule has 1 aromatic carbocycles. The Kier molecular flexibility index (Phi) is 4.98. The maximum Gasteiger partial charge on any atom is 0.319 e. The van der Waals surface area contributed by atoms with Crippen LogP contribution in [-0.2, 0) is 18.9 Å². The maximum absolute atomic E-state index is 12.0. The Morgan fingerprint density at radius 2 is 2.00 bits per heavy atom. The summed E-state index contributed by atoms with van der Waals surface area (Å²) in [4.78, 5) is 12.0. The summed E-state index contributed by atoms with van der Waals surface area (Å²) in [6.45, 7) is 3.93. The molecule has 2 fully saturated rings. The van der Waals surface area contributed by atoms with Gasteiger partial charge in [0.15, 0.2) is 12.1 Å². The number of hydrogen-bond donors (Lipinski definition) is 2. The van der Waals surface area contributed by atoms with Gasteiger partial charge in [0.25, 0.3) is 0 Å². The molecule has 132 valence electrons. The summed E-state index contributed by atoms with van der Waals surface area (Å²) in [6.07, 6.45) is -1.46. The third-order valence-corrected chi connectivity index (χ3v) is 4.18. The topological polar surface area (TPSA) is 78.1 Å². The molecule has 0 aliphatic carbocycles. The van der Waals surface area contributed by atoms with Gasteiger partial charge in [-0.3, -0.25) is 0 Å². The van der Waals surface area contributed by atoms with E-state index in [0.717, 1.165) is 0 Å². The number of rotatable bonds is 4. The number of amides is 2. The van der Waals surface area contributed by atoms with Gasteiger partial charge in [0.05, 0.1) is 0 Å². The van der Waals surface area contributed by atoms with Crippen molar-refractivity contribution in [3.05, 3.63) is 29.3 Å². The first-order valence-electron chi connectivity index (χ1n) is 7.72. The Balaban J connectivity index is 1.51. The molecule has 7 nitrogen and oxygen atoms in total. The molecule has 24 heavy (non-hydrogen) atoms. The van der Waals surface area contributed by atoms with E-state index in [-0.39, 0.29) is 30.9 Å². The van der Waals surface area contributed by atoms with Crippen LogP contribution in [0.4, 0.5) is 10.5 Å². The highest BCUT2D eigenvalue weighted by atomic mass is 35.5. The lowest BCUT2D eigenvalue weighted by atomic mass is 10.1. The van der Waals surface area contributed by atoms with E-state index in [4.69, 9.17) is 30.5 Å². The number of methoxy groups -OCH3 is 1. The lowest BCUT2D eigenvalue weighted by molar-refractivity contribution is -0.215. The first kappa shape index (κ1) is 17.4. The number of anilines is 1. The molecule has 2 heterocycles. The average molecular weight is 357 g/mol. The maximum atomic E-state index is 12.0. The van der Waals surface area contributed by atoms with Crippen molar-refractivity contribution in [1.29, 1.82) is 0 Å². The van der Waals surface area contributed by atoms with Gasteiger partial charge < -0.3 is 29.6 Å². The zero-order valence-electron chi connectivity index (χ0n) is 13.7. The van der Waals surface area contributed by atoms with Gasteiger partial charge in [-0.25, -0.2) is 4.79 Å². The number of carbonyl (C=O) groups excluding carboxylic acids is 1. The fraction of sp³-hybridized carbons (Fsp3) is 0.562. The molecule has 1 aromatic rings. The molecule has 8 heteroatoms. The van der Waals surface area contributed by atoms with Gasteiger partial charge in [-0.1, -0.05) is 11.6 Å². The number of urea groups is 1. The van der Waals surface area contributed by atoms with E-state index in [1.54, 1.807) is 31.4 Å². The van der Waals surface area contributed by atoms with E-state index in [9.17, 15) is 4.79 Å². The quantitative estimate of drug-likeness (QED) is 0.865. The molecule has 3 rings (SSSR count). The summed E-state index contributed by atoms with van der Waals surface area (Å²) in [5.74, 6) is -0.698. The van der Waals surface area contributed by atoms with Crippen LogP contribution in [0.15, 0.2) is 24.3 Å². The summed E-state index contributed by atoms with van der Waals surface area (Å²) < 4.78 is 22.8. The third kappa shape index (κ3) is 3.81. The van der Waals surface area contributed by atoms with Crippen LogP contribution in [0, 0.1) is 0 Å². The molecule has 2 aliphatic heterocycles. The summed E-state index contributed by atoms with van der Waals surface area (Å²) in [5, 5.41) is 6.09. The van der Waals surface area contributed by atoms with E-state index in [1.165, 1.54) is 0 Å². The summed E-state index contributed by atoms with van der Waals surface area (Å²) in [7, 11) is 1.59. The van der Waals surface area contributed by atoms with Crippen LogP contribution in [0.5, 0.6) is 0 Å². The minimum Gasteiger partial charge on any atom is -0.376 e. The van der Waals surface area contributed by atoms with Crippen LogP contribution in [0.3, 0.4) is 0 Å². The first-order valence-corrected chi connectivity index (χ1v) is 8.10. The normalized spacial score (nSPS) is 30.8. The van der Waals surface area contributed by atoms with Crippen molar-refractivity contribution < 1.29 is 23.7 Å². The molecule has 0 bridgehead atoms. The second kappa shape index (κ2) is 6.85. The van der Waals surface area contributed by atoms with Crippen LogP contribution in [0.1, 0.15) is 13.8 Å². The fourth-order valence-electron chi connectivity index (χ4n) is 2.90. The Morgan fingerprint density at radius 3 is 2.67 bits per heavy atom. The zero-order chi connectivity index (χ0) is 17.3. The number of benzene rings is 1. The minimum absolute atomic E-state index is 0.276. The smallest absolute Gasteiger partial charge is 0.319 e. The second-order valence-electron chi connectivity index (χ2n) is 6.19. The Labute approximate surface area is 145 Å². The molecule has 2 saturated heterocycles. The van der Waals surface area contributed by atoms with E-state index in [0.29, 0.717) is 10.7 Å². The number of halogens is 1. The Hall–Kier alpha value is -1.38. The molecule has 2 amide bonds. The third-order valence-electron chi connectivity index (χ3n) is 3.93. The number of carbonyl (C=O) groups is 1. The van der Waals surface area contributed by atoms with Crippen LogP contribution < -0.4 is 10.6 Å². The van der Waals surface area contributed by atoms with Gasteiger partial charge in [-0.2, -0.15) is 0 Å². The van der Waals surface area contributed by atoms with Crippen molar-refractivity contribution >= 4 is 23.3 Å². The van der Waals surface area contributed by atoms with E-state index < -0.39 is 12.1 Å². The fourth-order valence-corrected chi connectivity index (χ4v) is 3.02. The highest BCUT2D eigenvalue weighted by Crippen LogP contribution is 2.38. The monoisotopic (exact) mass is 356 g/mol. The minimum atomic E-state index is -0.698. The molecule has 0 radical (unpaired) electrons. The predicted molar refractivity (Wildman–Crippen MR) is 88.0 cm³/mol. The van der Waals surface area contributed by atoms with Gasteiger partial charge in [-0.05, 0) is 38.1 Å². The highest BCUT2D eigenvalue weighted by Gasteiger charge is 2.55. The molecular formula is C16H21ClN2O5. The Morgan fingerprint density at radius 1 is 1.29 bits per heavy atom. The largest absolute Gasteiger partial charge is 0.376 e. The molecule has 0 aromatic heterocycles. The van der Waals surface area contributed by atoms with Crippen molar-refractivity contribution in [3.8, 4) is 0 Å². The molecular weight excluding hydrogens is 336 g/mol. The highest BCUT2D eigenvalue weighted by molar-refractivity contribution is 6.30. The lowest BCUT2D eigenvalue weighted by Crippen LogP contribution is -2.43. The molecule has 0 saturated carbocycles. The van der Waals surface area contributed by atoms with Crippen molar-refractivity contribution in [3.63, 3.8) is 0 Å². The van der Waals surface area contributed by atoms with Crippen LogP contribution >= 0.6 is 11.6 Å². The van der Waals surface area contributed by atoms with Crippen LogP contribution in [0.25, 0.3) is 0 Å². The van der Waals surface area contributed by atoms with Crippen molar-refractivity contribution in [1.82, 2.24) is 5.32 Å². The van der Waals surface area contributed by atoms with Crippen molar-refractivity contribution in [2.45, 2.75) is 44.2 Å². The predicted octanol–water partition coefficient (Wildman–Crippen LogP) is 2.35. The number of fused-ring (bicyclic) bond motifs is 1. The zero-order valence-corrected chi connectivity index (χ0v) is 14.5. The van der Waals surface area contributed by atoms with Gasteiger partial charge in [0.2, 0.25) is 0 Å². The molecule has 2 N–H and O–H groups in total. The first-order chi connectivity index (χ1) is 11.4. The second-order valence-corrected chi connectivity index (χ2v) is 6.62. The average Bonchev–Trinajstić information content (AvgIpc) is 2.98. The molecule has 0 unspecified atom stereocenters. The number of nitrogens with one attached hydrogen (secondary N) is 2.